The maximum atomic E-state index is 12.0. The van der Waals surface area contributed by atoms with Gasteiger partial charge in [0, 0.05) is 20.1 Å². The first-order valence-corrected chi connectivity index (χ1v) is 7.82. The predicted molar refractivity (Wildman–Crippen MR) is 84.1 cm³/mol. The number of rotatable bonds is 6. The average molecular weight is 311 g/mol. The number of anilines is 2. The Hall–Kier alpha value is -1.76. The van der Waals surface area contributed by atoms with Crippen molar-refractivity contribution in [3.8, 4) is 0 Å². The molecule has 1 aliphatic carbocycles. The van der Waals surface area contributed by atoms with Gasteiger partial charge in [0.1, 0.15) is 15.4 Å². The van der Waals surface area contributed by atoms with Crippen LogP contribution in [-0.2, 0) is 4.74 Å². The zero-order valence-electron chi connectivity index (χ0n) is 12.6. The van der Waals surface area contributed by atoms with Gasteiger partial charge in [-0.25, -0.2) is 4.79 Å². The molecule has 7 heteroatoms. The quantitative estimate of drug-likeness (QED) is 0.781. The summed E-state index contributed by atoms with van der Waals surface area (Å²) in [6.07, 6.45) is 2.43. The third-order valence-electron chi connectivity index (χ3n) is 3.59. The highest BCUT2D eigenvalue weighted by Crippen LogP contribution is 2.41. The van der Waals surface area contributed by atoms with Gasteiger partial charge in [-0.15, -0.1) is 11.3 Å². The Morgan fingerprint density at radius 2 is 2.14 bits per heavy atom. The number of esters is 1. The normalized spacial score (nSPS) is 13.9. The van der Waals surface area contributed by atoms with Gasteiger partial charge in [-0.1, -0.05) is 0 Å². The lowest BCUT2D eigenvalue weighted by molar-refractivity contribution is 0.0603. The molecule has 6 nitrogen and oxygen atoms in total. The number of hydrogen-bond donors (Lipinski definition) is 2. The molecule has 1 aliphatic rings. The van der Waals surface area contributed by atoms with Crippen LogP contribution in [-0.4, -0.2) is 39.1 Å². The number of nitrogens with one attached hydrogen (secondary N) is 1. The van der Waals surface area contributed by atoms with Crippen molar-refractivity contribution in [2.24, 2.45) is 5.92 Å². The molecule has 1 amide bonds. The molecule has 1 aromatic rings. The van der Waals surface area contributed by atoms with E-state index in [1.54, 1.807) is 7.05 Å². The van der Waals surface area contributed by atoms with Gasteiger partial charge in [0.15, 0.2) is 0 Å². The highest BCUT2D eigenvalue weighted by molar-refractivity contribution is 7.19. The molecular formula is C14H21N3O3S. The summed E-state index contributed by atoms with van der Waals surface area (Å²) in [5.74, 6) is -0.109. The summed E-state index contributed by atoms with van der Waals surface area (Å²) < 4.78 is 4.83. The Morgan fingerprint density at radius 3 is 2.62 bits per heavy atom. The van der Waals surface area contributed by atoms with E-state index in [4.69, 9.17) is 10.5 Å². The molecule has 1 saturated carbocycles. The van der Waals surface area contributed by atoms with E-state index >= 15 is 0 Å². The van der Waals surface area contributed by atoms with Crippen LogP contribution >= 0.6 is 11.3 Å². The molecule has 3 N–H and O–H groups in total. The molecular weight excluding hydrogens is 290 g/mol. The number of nitrogen functional groups attached to an aromatic ring is 1. The predicted octanol–water partition coefficient (Wildman–Crippen LogP) is 1.71. The minimum atomic E-state index is -0.497. The number of amides is 1. The van der Waals surface area contributed by atoms with E-state index in [1.807, 2.05) is 6.92 Å². The van der Waals surface area contributed by atoms with Crippen molar-refractivity contribution < 1.29 is 14.3 Å². The first-order valence-electron chi connectivity index (χ1n) is 7.01. The van der Waals surface area contributed by atoms with E-state index < -0.39 is 5.97 Å². The molecule has 1 aromatic heterocycles. The topological polar surface area (TPSA) is 84.7 Å². The molecule has 0 spiro atoms. The highest BCUT2D eigenvalue weighted by atomic mass is 32.1. The third kappa shape index (κ3) is 3.12. The summed E-state index contributed by atoms with van der Waals surface area (Å²) in [4.78, 5) is 26.4. The minimum absolute atomic E-state index is 0.204. The second-order valence-corrected chi connectivity index (χ2v) is 6.08. The van der Waals surface area contributed by atoms with Gasteiger partial charge in [-0.3, -0.25) is 4.79 Å². The van der Waals surface area contributed by atoms with E-state index in [-0.39, 0.29) is 11.6 Å². The molecule has 0 bridgehead atoms. The number of nitrogens with zero attached hydrogens (tertiary/aromatic N) is 1. The number of carbonyl (C=O) groups excluding carboxylic acids is 2. The summed E-state index contributed by atoms with van der Waals surface area (Å²) in [7, 11) is 2.86. The van der Waals surface area contributed by atoms with Crippen LogP contribution in [0.2, 0.25) is 0 Å². The number of carbonyl (C=O) groups is 2. The monoisotopic (exact) mass is 311 g/mol. The van der Waals surface area contributed by atoms with Crippen LogP contribution in [0.15, 0.2) is 0 Å². The lowest BCUT2D eigenvalue weighted by atomic mass is 10.2. The molecule has 116 valence electrons. The standard InChI is InChI=1S/C14H21N3O3S/c1-4-17(7-8-5-6-8)13-9(14(19)20-3)10(15)11(21-13)12(18)16-2/h8H,4-7,15H2,1-3H3,(H,16,18). The lowest BCUT2D eigenvalue weighted by Crippen LogP contribution is -2.26. The van der Waals surface area contributed by atoms with Crippen LogP contribution in [0.25, 0.3) is 0 Å². The molecule has 1 fully saturated rings. The van der Waals surface area contributed by atoms with Crippen molar-refractivity contribution in [3.63, 3.8) is 0 Å². The summed E-state index contributed by atoms with van der Waals surface area (Å²) in [5.41, 5.74) is 6.53. The number of hydrogen-bond acceptors (Lipinski definition) is 6. The van der Waals surface area contributed by atoms with Crippen molar-refractivity contribution >= 4 is 33.9 Å². The number of nitrogens with two attached hydrogens (primary N) is 1. The molecule has 1 heterocycles. The van der Waals surface area contributed by atoms with Gasteiger partial charge in [-0.2, -0.15) is 0 Å². The van der Waals surface area contributed by atoms with Gasteiger partial charge in [0.2, 0.25) is 0 Å². The van der Waals surface area contributed by atoms with E-state index in [1.165, 1.54) is 31.3 Å². The Balaban J connectivity index is 2.45. The van der Waals surface area contributed by atoms with Crippen molar-refractivity contribution in [1.29, 1.82) is 0 Å². The Bertz CT molecular complexity index is 552. The minimum Gasteiger partial charge on any atom is -0.465 e. The zero-order valence-corrected chi connectivity index (χ0v) is 13.4. The second-order valence-electron chi connectivity index (χ2n) is 5.08. The molecule has 2 rings (SSSR count). The molecule has 0 unspecified atom stereocenters. The van der Waals surface area contributed by atoms with E-state index in [0.717, 1.165) is 18.1 Å². The van der Waals surface area contributed by atoms with Crippen LogP contribution < -0.4 is 16.0 Å². The first kappa shape index (κ1) is 15.6. The number of ether oxygens (including phenoxy) is 1. The fourth-order valence-electron chi connectivity index (χ4n) is 2.20. The molecule has 0 aromatic carbocycles. The molecule has 21 heavy (non-hydrogen) atoms. The number of thiophene rings is 1. The largest absolute Gasteiger partial charge is 0.465 e. The van der Waals surface area contributed by atoms with E-state index in [2.05, 4.69) is 10.2 Å². The van der Waals surface area contributed by atoms with E-state index in [0.29, 0.717) is 16.4 Å². The van der Waals surface area contributed by atoms with Crippen LogP contribution in [0, 0.1) is 5.92 Å². The smallest absolute Gasteiger partial charge is 0.343 e. The summed E-state index contributed by atoms with van der Waals surface area (Å²) in [6, 6.07) is 0. The Kier molecular flexibility index (Phi) is 4.72. The van der Waals surface area contributed by atoms with Crippen molar-refractivity contribution in [2.75, 3.05) is 37.9 Å². The average Bonchev–Trinajstić information content (AvgIpc) is 3.25. The molecule has 0 atom stereocenters. The van der Waals surface area contributed by atoms with Gasteiger partial charge in [0.25, 0.3) is 5.91 Å². The third-order valence-corrected chi connectivity index (χ3v) is 4.86. The second kappa shape index (κ2) is 6.34. The van der Waals surface area contributed by atoms with Crippen LogP contribution in [0.3, 0.4) is 0 Å². The summed E-state index contributed by atoms with van der Waals surface area (Å²) in [6.45, 7) is 3.67. The maximum Gasteiger partial charge on any atom is 0.343 e. The fourth-order valence-corrected chi connectivity index (χ4v) is 3.43. The van der Waals surface area contributed by atoms with Crippen molar-refractivity contribution in [3.05, 3.63) is 10.4 Å². The Morgan fingerprint density at radius 1 is 1.48 bits per heavy atom. The van der Waals surface area contributed by atoms with Crippen LogP contribution in [0.4, 0.5) is 10.7 Å². The lowest BCUT2D eigenvalue weighted by Gasteiger charge is -2.22. The molecule has 0 aliphatic heterocycles. The van der Waals surface area contributed by atoms with Gasteiger partial charge >= 0.3 is 5.97 Å². The van der Waals surface area contributed by atoms with E-state index in [9.17, 15) is 9.59 Å². The number of methoxy groups -OCH3 is 1. The van der Waals surface area contributed by atoms with Crippen LogP contribution in [0.1, 0.15) is 39.8 Å². The van der Waals surface area contributed by atoms with Crippen LogP contribution in [0.5, 0.6) is 0 Å². The highest BCUT2D eigenvalue weighted by Gasteiger charge is 2.31. The molecule has 0 saturated heterocycles. The Labute approximate surface area is 128 Å². The maximum absolute atomic E-state index is 12.0. The van der Waals surface area contributed by atoms with Gasteiger partial charge in [0.05, 0.1) is 12.8 Å². The first-order chi connectivity index (χ1) is 10.0. The zero-order chi connectivity index (χ0) is 15.6. The van der Waals surface area contributed by atoms with Gasteiger partial charge in [-0.05, 0) is 25.7 Å². The van der Waals surface area contributed by atoms with Crippen molar-refractivity contribution in [2.45, 2.75) is 19.8 Å². The summed E-state index contributed by atoms with van der Waals surface area (Å²) >= 11 is 1.25. The SMILES string of the molecule is CCN(CC1CC1)c1sc(C(=O)NC)c(N)c1C(=O)OC. The van der Waals surface area contributed by atoms with Gasteiger partial charge < -0.3 is 20.7 Å². The summed E-state index contributed by atoms with van der Waals surface area (Å²) in [5, 5.41) is 3.28. The fraction of sp³-hybridized carbons (Fsp3) is 0.571. The molecule has 0 radical (unpaired) electrons. The van der Waals surface area contributed by atoms with Crippen molar-refractivity contribution in [1.82, 2.24) is 5.32 Å².